The average Bonchev–Trinajstić information content (AvgIpc) is 3.44. The third-order valence-electron chi connectivity index (χ3n) is 7.88. The van der Waals surface area contributed by atoms with Gasteiger partial charge in [-0.3, -0.25) is 14.4 Å². The standard InChI is InChI=1S/C39H34N4O5S/c1-3-43-34-15-8-7-14-31(34)32-22-28(17-19-35(32)43)40-37(45)24-49-30-13-9-12-27(21-30)41-39(47)33(42-38(46)25-10-5-4-6-11-25)20-26-16-18-29(44)23-36(26)48-2/h4-23,44H,3,24H2,1-2H3,(H,40,45)(H,41,47)(H,42,46)/b33-20+. The van der Waals surface area contributed by atoms with Crippen LogP contribution in [-0.4, -0.2) is 40.3 Å². The summed E-state index contributed by atoms with van der Waals surface area (Å²) >= 11 is 1.34. The number of hydrogen-bond donors (Lipinski definition) is 4. The Hall–Kier alpha value is -6.00. The molecule has 0 atom stereocenters. The van der Waals surface area contributed by atoms with Crippen molar-refractivity contribution in [3.63, 3.8) is 0 Å². The lowest BCUT2D eigenvalue weighted by molar-refractivity contribution is -0.114. The summed E-state index contributed by atoms with van der Waals surface area (Å²) in [7, 11) is 1.45. The molecule has 1 heterocycles. The number of phenolic OH excluding ortho intramolecular Hbond substituents is 1. The molecule has 1 aromatic heterocycles. The van der Waals surface area contributed by atoms with E-state index in [9.17, 15) is 19.5 Å². The number of aryl methyl sites for hydroxylation is 1. The number of nitrogens with one attached hydrogen (secondary N) is 3. The molecule has 0 aliphatic carbocycles. The van der Waals surface area contributed by atoms with Gasteiger partial charge in [0.05, 0.1) is 12.9 Å². The number of para-hydroxylation sites is 1. The predicted molar refractivity (Wildman–Crippen MR) is 196 cm³/mol. The van der Waals surface area contributed by atoms with Gasteiger partial charge < -0.3 is 30.4 Å². The maximum absolute atomic E-state index is 13.6. The number of benzene rings is 5. The van der Waals surface area contributed by atoms with E-state index >= 15 is 0 Å². The van der Waals surface area contributed by atoms with Crippen LogP contribution in [0, 0.1) is 0 Å². The van der Waals surface area contributed by atoms with Crippen molar-refractivity contribution in [2.24, 2.45) is 0 Å². The number of hydrogen-bond acceptors (Lipinski definition) is 6. The molecule has 0 radical (unpaired) electrons. The number of carbonyl (C=O) groups excluding carboxylic acids is 3. The Labute approximate surface area is 287 Å². The molecular formula is C39H34N4O5S. The van der Waals surface area contributed by atoms with Crippen LogP contribution in [0.2, 0.25) is 0 Å². The SMILES string of the molecule is CCn1c2ccccc2c2cc(NC(=O)CSc3cccc(NC(=O)/C(=C\c4ccc(O)cc4OC)NC(=O)c4ccccc4)c3)ccc21. The molecule has 49 heavy (non-hydrogen) atoms. The zero-order valence-electron chi connectivity index (χ0n) is 26.9. The lowest BCUT2D eigenvalue weighted by Gasteiger charge is -2.13. The molecule has 5 aromatic carbocycles. The van der Waals surface area contributed by atoms with Crippen LogP contribution in [0.1, 0.15) is 22.8 Å². The number of carbonyl (C=O) groups is 3. The fourth-order valence-electron chi connectivity index (χ4n) is 5.60. The molecular weight excluding hydrogens is 637 g/mol. The normalized spacial score (nSPS) is 11.3. The van der Waals surface area contributed by atoms with Crippen molar-refractivity contribution in [1.82, 2.24) is 9.88 Å². The smallest absolute Gasteiger partial charge is 0.272 e. The first-order valence-electron chi connectivity index (χ1n) is 15.6. The summed E-state index contributed by atoms with van der Waals surface area (Å²) in [6, 6.07) is 34.3. The highest BCUT2D eigenvalue weighted by molar-refractivity contribution is 8.00. The first kappa shape index (κ1) is 32.9. The van der Waals surface area contributed by atoms with Gasteiger partial charge in [0.15, 0.2) is 0 Å². The van der Waals surface area contributed by atoms with E-state index in [1.807, 2.05) is 36.4 Å². The summed E-state index contributed by atoms with van der Waals surface area (Å²) < 4.78 is 7.63. The van der Waals surface area contributed by atoms with Gasteiger partial charge in [0.25, 0.3) is 11.8 Å². The largest absolute Gasteiger partial charge is 0.508 e. The predicted octanol–water partition coefficient (Wildman–Crippen LogP) is 7.67. The zero-order chi connectivity index (χ0) is 34.3. The lowest BCUT2D eigenvalue weighted by Crippen LogP contribution is -2.30. The van der Waals surface area contributed by atoms with Crippen molar-refractivity contribution in [1.29, 1.82) is 0 Å². The molecule has 3 amide bonds. The summed E-state index contributed by atoms with van der Waals surface area (Å²) in [6.07, 6.45) is 1.48. The van der Waals surface area contributed by atoms with Crippen molar-refractivity contribution in [3.8, 4) is 11.5 Å². The molecule has 10 heteroatoms. The van der Waals surface area contributed by atoms with E-state index in [-0.39, 0.29) is 23.1 Å². The van der Waals surface area contributed by atoms with Crippen molar-refractivity contribution in [3.05, 3.63) is 132 Å². The Morgan fingerprint density at radius 3 is 2.35 bits per heavy atom. The molecule has 9 nitrogen and oxygen atoms in total. The minimum atomic E-state index is -0.570. The summed E-state index contributed by atoms with van der Waals surface area (Å²) in [5.74, 6) is -0.717. The van der Waals surface area contributed by atoms with E-state index < -0.39 is 11.8 Å². The second-order valence-corrected chi connectivity index (χ2v) is 12.2. The highest BCUT2D eigenvalue weighted by Gasteiger charge is 2.17. The Bertz CT molecular complexity index is 2210. The Morgan fingerprint density at radius 2 is 1.55 bits per heavy atom. The Balaban J connectivity index is 1.15. The van der Waals surface area contributed by atoms with E-state index in [0.29, 0.717) is 22.6 Å². The van der Waals surface area contributed by atoms with Crippen molar-refractivity contribution in [2.45, 2.75) is 18.4 Å². The van der Waals surface area contributed by atoms with Crippen LogP contribution >= 0.6 is 11.8 Å². The van der Waals surface area contributed by atoms with Crippen LogP contribution in [0.4, 0.5) is 11.4 Å². The summed E-state index contributed by atoms with van der Waals surface area (Å²) in [5, 5.41) is 20.7. The van der Waals surface area contributed by atoms with Crippen molar-refractivity contribution >= 4 is 68.7 Å². The number of anilines is 2. The quantitative estimate of drug-likeness (QED) is 0.0830. The number of methoxy groups -OCH3 is 1. The number of nitrogens with zero attached hydrogens (tertiary/aromatic N) is 1. The van der Waals surface area contributed by atoms with Crippen LogP contribution in [0.25, 0.3) is 27.9 Å². The van der Waals surface area contributed by atoms with Gasteiger partial charge in [-0.1, -0.05) is 42.5 Å². The van der Waals surface area contributed by atoms with Crippen LogP contribution in [0.3, 0.4) is 0 Å². The molecule has 246 valence electrons. The number of phenols is 1. The van der Waals surface area contributed by atoms with Crippen molar-refractivity contribution < 1.29 is 24.2 Å². The molecule has 0 aliphatic rings. The van der Waals surface area contributed by atoms with Gasteiger partial charge >= 0.3 is 0 Å². The molecule has 6 aromatic rings. The number of thioether (sulfide) groups is 1. The van der Waals surface area contributed by atoms with Crippen molar-refractivity contribution in [2.75, 3.05) is 23.5 Å². The second kappa shape index (κ2) is 14.8. The van der Waals surface area contributed by atoms with E-state index in [0.717, 1.165) is 38.9 Å². The van der Waals surface area contributed by atoms with E-state index in [4.69, 9.17) is 4.74 Å². The second-order valence-electron chi connectivity index (χ2n) is 11.1. The van der Waals surface area contributed by atoms with Gasteiger partial charge in [0, 0.05) is 61.8 Å². The highest BCUT2D eigenvalue weighted by atomic mass is 32.2. The van der Waals surface area contributed by atoms with Crippen LogP contribution in [-0.2, 0) is 16.1 Å². The molecule has 4 N–H and O–H groups in total. The maximum Gasteiger partial charge on any atom is 0.272 e. The summed E-state index contributed by atoms with van der Waals surface area (Å²) in [6.45, 7) is 2.97. The van der Waals surface area contributed by atoms with E-state index in [1.165, 1.54) is 37.1 Å². The third-order valence-corrected chi connectivity index (χ3v) is 8.87. The molecule has 0 saturated heterocycles. The number of rotatable bonds is 11. The summed E-state index contributed by atoms with van der Waals surface area (Å²) in [5.41, 5.74) is 4.30. The topological polar surface area (TPSA) is 122 Å². The molecule has 0 unspecified atom stereocenters. The molecule has 6 rings (SSSR count). The third kappa shape index (κ3) is 7.61. The van der Waals surface area contributed by atoms with Gasteiger partial charge in [-0.15, -0.1) is 11.8 Å². The molecule has 0 bridgehead atoms. The number of amides is 3. The maximum atomic E-state index is 13.6. The molecule has 0 spiro atoms. The summed E-state index contributed by atoms with van der Waals surface area (Å²) in [4.78, 5) is 40.4. The van der Waals surface area contributed by atoms with Crippen LogP contribution in [0.15, 0.2) is 126 Å². The van der Waals surface area contributed by atoms with Gasteiger partial charge in [-0.05, 0) is 79.7 Å². The average molecular weight is 671 g/mol. The monoisotopic (exact) mass is 670 g/mol. The molecule has 0 saturated carbocycles. The van der Waals surface area contributed by atoms with Gasteiger partial charge in [0.1, 0.15) is 17.2 Å². The van der Waals surface area contributed by atoms with Crippen LogP contribution in [0.5, 0.6) is 11.5 Å². The number of fused-ring (bicyclic) bond motifs is 3. The Morgan fingerprint density at radius 1 is 0.796 bits per heavy atom. The van der Waals surface area contributed by atoms with E-state index in [2.05, 4.69) is 39.6 Å². The Kier molecular flexibility index (Phi) is 9.96. The first-order chi connectivity index (χ1) is 23.8. The van der Waals surface area contributed by atoms with Gasteiger partial charge in [-0.25, -0.2) is 0 Å². The lowest BCUT2D eigenvalue weighted by atomic mass is 10.1. The minimum absolute atomic E-state index is 0.00214. The highest BCUT2D eigenvalue weighted by Crippen LogP contribution is 2.31. The number of ether oxygens (including phenoxy) is 1. The fraction of sp³-hybridized carbons (Fsp3) is 0.103. The first-order valence-corrected chi connectivity index (χ1v) is 16.6. The van der Waals surface area contributed by atoms with Crippen LogP contribution < -0.4 is 20.7 Å². The molecule has 0 fully saturated rings. The fourth-order valence-corrected chi connectivity index (χ4v) is 6.35. The zero-order valence-corrected chi connectivity index (χ0v) is 27.7. The van der Waals surface area contributed by atoms with Gasteiger partial charge in [-0.2, -0.15) is 0 Å². The number of aromatic nitrogens is 1. The number of aromatic hydroxyl groups is 1. The van der Waals surface area contributed by atoms with E-state index in [1.54, 1.807) is 54.6 Å². The van der Waals surface area contributed by atoms with Gasteiger partial charge in [0.2, 0.25) is 5.91 Å². The minimum Gasteiger partial charge on any atom is -0.508 e. The molecule has 0 aliphatic heterocycles.